The standard InChI is InChI=1S/C22H26N2O5S2/c1-15-10-12-24(13-11-15)21(25)19-14-18(8-9-20(19)30-3)31(27,28)23-17-6-4-16(5-7-17)22(26)29-2/h4-9,14-15,23H,10-13H2,1-3H3. The summed E-state index contributed by atoms with van der Waals surface area (Å²) in [5.74, 6) is -0.0568. The number of hydrogen-bond acceptors (Lipinski definition) is 6. The molecule has 3 rings (SSSR count). The second-order valence-corrected chi connectivity index (χ2v) is 10.0. The Morgan fingerprint density at radius 3 is 2.32 bits per heavy atom. The Balaban J connectivity index is 1.85. The Kier molecular flexibility index (Phi) is 7.27. The smallest absolute Gasteiger partial charge is 0.337 e. The van der Waals surface area contributed by atoms with E-state index in [1.807, 2.05) is 6.26 Å². The lowest BCUT2D eigenvalue weighted by atomic mass is 9.98. The van der Waals surface area contributed by atoms with E-state index < -0.39 is 16.0 Å². The summed E-state index contributed by atoms with van der Waals surface area (Å²) in [5, 5.41) is 0. The van der Waals surface area contributed by atoms with E-state index in [2.05, 4.69) is 16.4 Å². The highest BCUT2D eigenvalue weighted by atomic mass is 32.2. The molecule has 1 amide bonds. The molecule has 7 nitrogen and oxygen atoms in total. The summed E-state index contributed by atoms with van der Waals surface area (Å²) in [4.78, 5) is 27.2. The summed E-state index contributed by atoms with van der Waals surface area (Å²) in [5.41, 5.74) is 1.02. The third kappa shape index (κ3) is 5.40. The molecule has 1 N–H and O–H groups in total. The number of carbonyl (C=O) groups is 2. The molecular weight excluding hydrogens is 436 g/mol. The quantitative estimate of drug-likeness (QED) is 0.518. The predicted octanol–water partition coefficient (Wildman–Crippen LogP) is 3.87. The number of likely N-dealkylation sites (tertiary alicyclic amines) is 1. The van der Waals surface area contributed by atoms with Gasteiger partial charge in [-0.15, -0.1) is 11.8 Å². The van der Waals surface area contributed by atoms with Gasteiger partial charge in [-0.25, -0.2) is 13.2 Å². The molecule has 0 radical (unpaired) electrons. The number of nitrogens with zero attached hydrogens (tertiary/aromatic N) is 1. The van der Waals surface area contributed by atoms with Crippen molar-refractivity contribution in [3.63, 3.8) is 0 Å². The number of thioether (sulfide) groups is 1. The molecule has 1 fully saturated rings. The number of carbonyl (C=O) groups excluding carboxylic acids is 2. The van der Waals surface area contributed by atoms with Crippen LogP contribution in [0.4, 0.5) is 5.69 Å². The van der Waals surface area contributed by atoms with E-state index in [4.69, 9.17) is 0 Å². The van der Waals surface area contributed by atoms with Crippen LogP contribution in [0.1, 0.15) is 40.5 Å². The maximum Gasteiger partial charge on any atom is 0.337 e. The van der Waals surface area contributed by atoms with Crippen LogP contribution in [0.15, 0.2) is 52.3 Å². The number of benzene rings is 2. The van der Waals surface area contributed by atoms with Crippen molar-refractivity contribution in [1.29, 1.82) is 0 Å². The minimum absolute atomic E-state index is 0.0103. The van der Waals surface area contributed by atoms with Gasteiger partial charge in [0, 0.05) is 23.7 Å². The molecule has 1 aliphatic heterocycles. The van der Waals surface area contributed by atoms with Crippen molar-refractivity contribution in [2.24, 2.45) is 5.92 Å². The van der Waals surface area contributed by atoms with Crippen LogP contribution in [-0.2, 0) is 14.8 Å². The molecular formula is C22H26N2O5S2. The molecule has 2 aromatic carbocycles. The summed E-state index contributed by atoms with van der Waals surface area (Å²) in [6, 6.07) is 10.5. The highest BCUT2D eigenvalue weighted by Gasteiger charge is 2.25. The van der Waals surface area contributed by atoms with Gasteiger partial charge in [0.05, 0.1) is 23.1 Å². The average Bonchev–Trinajstić information content (AvgIpc) is 2.78. The fraction of sp³-hybridized carbons (Fsp3) is 0.364. The number of nitrogens with one attached hydrogen (secondary N) is 1. The second kappa shape index (κ2) is 9.74. The van der Waals surface area contributed by atoms with E-state index in [0.29, 0.717) is 35.8 Å². The largest absolute Gasteiger partial charge is 0.465 e. The van der Waals surface area contributed by atoms with Gasteiger partial charge in [-0.1, -0.05) is 6.92 Å². The molecule has 0 unspecified atom stereocenters. The van der Waals surface area contributed by atoms with Crippen LogP contribution in [0.3, 0.4) is 0 Å². The van der Waals surface area contributed by atoms with Gasteiger partial charge in [0.15, 0.2) is 0 Å². The van der Waals surface area contributed by atoms with E-state index in [1.165, 1.54) is 55.3 Å². The highest BCUT2D eigenvalue weighted by Crippen LogP contribution is 2.28. The zero-order chi connectivity index (χ0) is 22.6. The molecule has 0 bridgehead atoms. The van der Waals surface area contributed by atoms with Crippen LogP contribution < -0.4 is 4.72 Å². The van der Waals surface area contributed by atoms with Crippen molar-refractivity contribution in [2.45, 2.75) is 29.6 Å². The zero-order valence-electron chi connectivity index (χ0n) is 17.8. The summed E-state index contributed by atoms with van der Waals surface area (Å²) < 4.78 is 33.0. The minimum Gasteiger partial charge on any atom is -0.465 e. The van der Waals surface area contributed by atoms with Gasteiger partial charge in [0.2, 0.25) is 0 Å². The lowest BCUT2D eigenvalue weighted by Crippen LogP contribution is -2.38. The van der Waals surface area contributed by atoms with Crippen LogP contribution in [0, 0.1) is 5.92 Å². The maximum atomic E-state index is 13.1. The molecule has 166 valence electrons. The van der Waals surface area contributed by atoms with E-state index in [9.17, 15) is 18.0 Å². The second-order valence-electron chi connectivity index (χ2n) is 7.51. The number of methoxy groups -OCH3 is 1. The number of rotatable bonds is 6. The first kappa shape index (κ1) is 23.1. The van der Waals surface area contributed by atoms with E-state index >= 15 is 0 Å². The van der Waals surface area contributed by atoms with Crippen molar-refractivity contribution < 1.29 is 22.7 Å². The zero-order valence-corrected chi connectivity index (χ0v) is 19.4. The van der Waals surface area contributed by atoms with Crippen molar-refractivity contribution in [3.8, 4) is 0 Å². The van der Waals surface area contributed by atoms with Crippen molar-refractivity contribution in [3.05, 3.63) is 53.6 Å². The lowest BCUT2D eigenvalue weighted by molar-refractivity contribution is 0.0600. The molecule has 31 heavy (non-hydrogen) atoms. The van der Waals surface area contributed by atoms with Crippen LogP contribution in [0.2, 0.25) is 0 Å². The van der Waals surface area contributed by atoms with Crippen molar-refractivity contribution in [1.82, 2.24) is 4.90 Å². The number of amides is 1. The van der Waals surface area contributed by atoms with Crippen LogP contribution >= 0.6 is 11.8 Å². The van der Waals surface area contributed by atoms with Gasteiger partial charge < -0.3 is 9.64 Å². The Morgan fingerprint density at radius 2 is 1.74 bits per heavy atom. The molecule has 0 saturated carbocycles. The number of piperidine rings is 1. The van der Waals surface area contributed by atoms with Crippen LogP contribution in [0.25, 0.3) is 0 Å². The molecule has 1 aliphatic rings. The Labute approximate surface area is 187 Å². The van der Waals surface area contributed by atoms with Gasteiger partial charge in [-0.3, -0.25) is 9.52 Å². The number of anilines is 1. The molecule has 0 spiro atoms. The highest BCUT2D eigenvalue weighted by molar-refractivity contribution is 7.98. The summed E-state index contributed by atoms with van der Waals surface area (Å²) in [7, 11) is -2.64. The van der Waals surface area contributed by atoms with Gasteiger partial charge in [-0.05, 0) is 67.5 Å². The predicted molar refractivity (Wildman–Crippen MR) is 121 cm³/mol. The SMILES string of the molecule is COC(=O)c1ccc(NS(=O)(=O)c2ccc(SC)c(C(=O)N3CCC(C)CC3)c2)cc1. The average molecular weight is 463 g/mol. The first-order valence-electron chi connectivity index (χ1n) is 9.93. The van der Waals surface area contributed by atoms with Gasteiger partial charge in [0.25, 0.3) is 15.9 Å². The molecule has 0 atom stereocenters. The Hall–Kier alpha value is -2.52. The number of esters is 1. The monoisotopic (exact) mass is 462 g/mol. The lowest BCUT2D eigenvalue weighted by Gasteiger charge is -2.30. The first-order valence-corrected chi connectivity index (χ1v) is 12.6. The Morgan fingerprint density at radius 1 is 1.10 bits per heavy atom. The van der Waals surface area contributed by atoms with Gasteiger partial charge >= 0.3 is 5.97 Å². The molecule has 0 aliphatic carbocycles. The van der Waals surface area contributed by atoms with Crippen molar-refractivity contribution in [2.75, 3.05) is 31.2 Å². The summed E-state index contributed by atoms with van der Waals surface area (Å²) in [6.45, 7) is 3.52. The van der Waals surface area contributed by atoms with Crippen molar-refractivity contribution >= 4 is 39.3 Å². The third-order valence-electron chi connectivity index (χ3n) is 5.34. The number of ether oxygens (including phenoxy) is 1. The van der Waals surface area contributed by atoms with E-state index in [1.54, 1.807) is 11.0 Å². The summed E-state index contributed by atoms with van der Waals surface area (Å²) >= 11 is 1.41. The third-order valence-corrected chi connectivity index (χ3v) is 7.52. The normalized spacial score (nSPS) is 14.9. The summed E-state index contributed by atoms with van der Waals surface area (Å²) in [6.07, 6.45) is 3.75. The maximum absolute atomic E-state index is 13.1. The minimum atomic E-state index is -3.92. The molecule has 1 heterocycles. The topological polar surface area (TPSA) is 92.8 Å². The van der Waals surface area contributed by atoms with Crippen LogP contribution in [-0.4, -0.2) is 51.6 Å². The molecule has 0 aromatic heterocycles. The number of sulfonamides is 1. The van der Waals surface area contributed by atoms with Gasteiger partial charge in [0.1, 0.15) is 0 Å². The number of hydrogen-bond donors (Lipinski definition) is 1. The Bertz CT molecular complexity index is 1060. The fourth-order valence-electron chi connectivity index (χ4n) is 3.41. The molecule has 2 aromatic rings. The van der Waals surface area contributed by atoms with E-state index in [0.717, 1.165) is 17.7 Å². The fourth-order valence-corrected chi connectivity index (χ4v) is 5.06. The van der Waals surface area contributed by atoms with E-state index in [-0.39, 0.29) is 10.8 Å². The molecule has 1 saturated heterocycles. The first-order chi connectivity index (χ1) is 14.7. The van der Waals surface area contributed by atoms with Crippen LogP contribution in [0.5, 0.6) is 0 Å². The van der Waals surface area contributed by atoms with Gasteiger partial charge in [-0.2, -0.15) is 0 Å². The molecule has 9 heteroatoms.